The molecule has 1 atom stereocenters. The third-order valence-electron chi connectivity index (χ3n) is 2.51. The molecule has 1 unspecified atom stereocenters. The molecule has 1 amide bonds. The molecule has 1 heterocycles. The molecule has 1 rings (SSSR count). The standard InChI is InChI=1S/C11H18N2O/c1-3-8-13(11(14)4-2)9-10-6-5-7-12-10/h2,10,12H,3,5-9H2,1H3. The van der Waals surface area contributed by atoms with Crippen LogP contribution in [0.4, 0.5) is 0 Å². The van der Waals surface area contributed by atoms with E-state index in [0.717, 1.165) is 32.5 Å². The average molecular weight is 194 g/mol. The maximum Gasteiger partial charge on any atom is 0.298 e. The van der Waals surface area contributed by atoms with Gasteiger partial charge in [0.15, 0.2) is 0 Å². The number of hydrogen-bond acceptors (Lipinski definition) is 2. The van der Waals surface area contributed by atoms with Gasteiger partial charge in [-0.2, -0.15) is 0 Å². The fourth-order valence-corrected chi connectivity index (χ4v) is 1.82. The lowest BCUT2D eigenvalue weighted by Gasteiger charge is -2.23. The van der Waals surface area contributed by atoms with Gasteiger partial charge in [-0.15, -0.1) is 6.42 Å². The minimum Gasteiger partial charge on any atom is -0.330 e. The van der Waals surface area contributed by atoms with E-state index in [0.29, 0.717) is 6.04 Å². The molecule has 1 aliphatic heterocycles. The van der Waals surface area contributed by atoms with Crippen molar-refractivity contribution in [2.75, 3.05) is 19.6 Å². The van der Waals surface area contributed by atoms with Crippen LogP contribution in [0.5, 0.6) is 0 Å². The van der Waals surface area contributed by atoms with E-state index < -0.39 is 0 Å². The van der Waals surface area contributed by atoms with Crippen LogP contribution < -0.4 is 5.32 Å². The molecular formula is C11H18N2O. The Morgan fingerprint density at radius 2 is 2.50 bits per heavy atom. The van der Waals surface area contributed by atoms with Crippen molar-refractivity contribution < 1.29 is 4.79 Å². The molecule has 0 aromatic carbocycles. The van der Waals surface area contributed by atoms with Crippen LogP contribution in [0, 0.1) is 12.3 Å². The molecule has 1 fully saturated rings. The van der Waals surface area contributed by atoms with Gasteiger partial charge >= 0.3 is 0 Å². The van der Waals surface area contributed by atoms with E-state index in [4.69, 9.17) is 6.42 Å². The van der Waals surface area contributed by atoms with Crippen LogP contribution in [0.1, 0.15) is 26.2 Å². The maximum absolute atomic E-state index is 11.4. The van der Waals surface area contributed by atoms with Gasteiger partial charge in [-0.05, 0) is 31.7 Å². The van der Waals surface area contributed by atoms with Gasteiger partial charge in [-0.25, -0.2) is 0 Å². The van der Waals surface area contributed by atoms with E-state index in [1.165, 1.54) is 6.42 Å². The summed E-state index contributed by atoms with van der Waals surface area (Å²) in [6, 6.07) is 0.443. The van der Waals surface area contributed by atoms with Crippen LogP contribution in [-0.2, 0) is 4.79 Å². The largest absolute Gasteiger partial charge is 0.330 e. The molecule has 1 saturated heterocycles. The number of hydrogen-bond donors (Lipinski definition) is 1. The molecule has 3 heteroatoms. The predicted molar refractivity (Wildman–Crippen MR) is 56.7 cm³/mol. The molecular weight excluding hydrogens is 176 g/mol. The fourth-order valence-electron chi connectivity index (χ4n) is 1.82. The van der Waals surface area contributed by atoms with Crippen molar-refractivity contribution >= 4 is 5.91 Å². The van der Waals surface area contributed by atoms with Gasteiger partial charge in [0.05, 0.1) is 0 Å². The molecule has 0 aromatic rings. The first kappa shape index (κ1) is 11.1. The number of nitrogens with one attached hydrogen (secondary N) is 1. The highest BCUT2D eigenvalue weighted by atomic mass is 16.2. The number of amides is 1. The van der Waals surface area contributed by atoms with E-state index in [1.54, 1.807) is 4.90 Å². The second-order valence-electron chi connectivity index (χ2n) is 3.69. The Morgan fingerprint density at radius 1 is 1.71 bits per heavy atom. The molecule has 78 valence electrons. The summed E-state index contributed by atoms with van der Waals surface area (Å²) >= 11 is 0. The third-order valence-corrected chi connectivity index (χ3v) is 2.51. The normalized spacial score (nSPS) is 20.4. The Labute approximate surface area is 85.9 Å². The van der Waals surface area contributed by atoms with Crippen LogP contribution in [0.3, 0.4) is 0 Å². The summed E-state index contributed by atoms with van der Waals surface area (Å²) in [7, 11) is 0. The Bertz CT molecular complexity index is 226. The molecule has 3 nitrogen and oxygen atoms in total. The van der Waals surface area contributed by atoms with Crippen molar-refractivity contribution in [3.63, 3.8) is 0 Å². The van der Waals surface area contributed by atoms with Crippen molar-refractivity contribution in [1.82, 2.24) is 10.2 Å². The molecule has 0 bridgehead atoms. The third kappa shape index (κ3) is 3.04. The molecule has 0 radical (unpaired) electrons. The van der Waals surface area contributed by atoms with E-state index in [9.17, 15) is 4.79 Å². The lowest BCUT2D eigenvalue weighted by atomic mass is 10.2. The van der Waals surface area contributed by atoms with E-state index in [2.05, 4.69) is 18.2 Å². The molecule has 1 N–H and O–H groups in total. The van der Waals surface area contributed by atoms with Gasteiger partial charge in [0.2, 0.25) is 0 Å². The average Bonchev–Trinajstić information content (AvgIpc) is 2.68. The first-order chi connectivity index (χ1) is 6.77. The number of carbonyl (C=O) groups is 1. The highest BCUT2D eigenvalue weighted by Gasteiger charge is 2.19. The molecule has 0 aliphatic carbocycles. The minimum absolute atomic E-state index is 0.180. The van der Waals surface area contributed by atoms with Crippen molar-refractivity contribution in [2.24, 2.45) is 0 Å². The fraction of sp³-hybridized carbons (Fsp3) is 0.727. The van der Waals surface area contributed by atoms with Gasteiger partial charge in [0, 0.05) is 19.1 Å². The first-order valence-electron chi connectivity index (χ1n) is 5.26. The molecule has 0 spiro atoms. The second kappa shape index (κ2) is 5.66. The van der Waals surface area contributed by atoms with E-state index >= 15 is 0 Å². The van der Waals surface area contributed by atoms with Crippen LogP contribution in [0.2, 0.25) is 0 Å². The predicted octanol–water partition coefficient (Wildman–Crippen LogP) is 0.610. The van der Waals surface area contributed by atoms with Gasteiger partial charge in [-0.1, -0.05) is 6.92 Å². The summed E-state index contributed by atoms with van der Waals surface area (Å²) in [6.07, 6.45) is 8.43. The molecule has 1 aliphatic rings. The Balaban J connectivity index is 2.42. The number of carbonyl (C=O) groups excluding carboxylic acids is 1. The summed E-state index contributed by atoms with van der Waals surface area (Å²) in [4.78, 5) is 13.1. The van der Waals surface area contributed by atoms with Gasteiger partial charge in [0.1, 0.15) is 0 Å². The van der Waals surface area contributed by atoms with Crippen molar-refractivity contribution in [3.8, 4) is 12.3 Å². The number of rotatable bonds is 4. The summed E-state index contributed by atoms with van der Waals surface area (Å²) in [5, 5.41) is 3.36. The zero-order chi connectivity index (χ0) is 10.4. The zero-order valence-electron chi connectivity index (χ0n) is 8.75. The highest BCUT2D eigenvalue weighted by molar-refractivity contribution is 5.92. The first-order valence-corrected chi connectivity index (χ1v) is 5.26. The topological polar surface area (TPSA) is 32.3 Å². The second-order valence-corrected chi connectivity index (χ2v) is 3.69. The van der Waals surface area contributed by atoms with Gasteiger partial charge < -0.3 is 10.2 Å². The van der Waals surface area contributed by atoms with E-state index in [-0.39, 0.29) is 5.91 Å². The SMILES string of the molecule is C#CC(=O)N(CCC)CC1CCCN1. The molecule has 0 aromatic heterocycles. The smallest absolute Gasteiger partial charge is 0.298 e. The molecule has 0 saturated carbocycles. The zero-order valence-corrected chi connectivity index (χ0v) is 8.75. The van der Waals surface area contributed by atoms with Crippen LogP contribution >= 0.6 is 0 Å². The van der Waals surface area contributed by atoms with E-state index in [1.807, 2.05) is 0 Å². The highest BCUT2D eigenvalue weighted by Crippen LogP contribution is 2.07. The van der Waals surface area contributed by atoms with Gasteiger partial charge in [-0.3, -0.25) is 4.79 Å². The van der Waals surface area contributed by atoms with Crippen molar-refractivity contribution in [1.29, 1.82) is 0 Å². The van der Waals surface area contributed by atoms with Crippen LogP contribution in [0.15, 0.2) is 0 Å². The quantitative estimate of drug-likeness (QED) is 0.665. The lowest BCUT2D eigenvalue weighted by molar-refractivity contribution is -0.125. The monoisotopic (exact) mass is 194 g/mol. The van der Waals surface area contributed by atoms with Crippen molar-refractivity contribution in [3.05, 3.63) is 0 Å². The number of nitrogens with zero attached hydrogens (tertiary/aromatic N) is 1. The van der Waals surface area contributed by atoms with Crippen LogP contribution in [0.25, 0.3) is 0 Å². The number of terminal acetylenes is 1. The van der Waals surface area contributed by atoms with Crippen molar-refractivity contribution in [2.45, 2.75) is 32.2 Å². The summed E-state index contributed by atoms with van der Waals surface area (Å²) < 4.78 is 0. The maximum atomic E-state index is 11.4. The lowest BCUT2D eigenvalue weighted by Crippen LogP contribution is -2.40. The Hall–Kier alpha value is -1.01. The van der Waals surface area contributed by atoms with Crippen LogP contribution in [-0.4, -0.2) is 36.5 Å². The Morgan fingerprint density at radius 3 is 3.00 bits per heavy atom. The summed E-state index contributed by atoms with van der Waals surface area (Å²) in [5.74, 6) is 2.00. The van der Waals surface area contributed by atoms with Gasteiger partial charge in [0.25, 0.3) is 5.91 Å². The molecule has 14 heavy (non-hydrogen) atoms. The summed E-state index contributed by atoms with van der Waals surface area (Å²) in [6.45, 7) is 4.64. The minimum atomic E-state index is -0.180. The summed E-state index contributed by atoms with van der Waals surface area (Å²) in [5.41, 5.74) is 0. The Kier molecular flexibility index (Phi) is 4.48.